The monoisotopic (exact) mass is 305 g/mol. The summed E-state index contributed by atoms with van der Waals surface area (Å²) in [7, 11) is 0. The SMILES string of the molecule is OC(Cc1nccs1)c1ccc(SC(F)(F)F)cc1. The maximum atomic E-state index is 12.2. The van der Waals surface area contributed by atoms with Crippen molar-refractivity contribution in [1.29, 1.82) is 0 Å². The van der Waals surface area contributed by atoms with Crippen molar-refractivity contribution in [3.05, 3.63) is 46.4 Å². The van der Waals surface area contributed by atoms with Gasteiger partial charge in [0, 0.05) is 22.9 Å². The Morgan fingerprint density at radius 2 is 1.95 bits per heavy atom. The molecule has 1 N–H and O–H groups in total. The summed E-state index contributed by atoms with van der Waals surface area (Å²) in [5.41, 5.74) is -3.71. The van der Waals surface area contributed by atoms with Crippen LogP contribution in [0, 0.1) is 0 Å². The third-order valence-corrected chi connectivity index (χ3v) is 3.89. The number of thiazole rings is 1. The maximum Gasteiger partial charge on any atom is 0.446 e. The molecule has 1 aromatic carbocycles. The van der Waals surface area contributed by atoms with Crippen LogP contribution in [0.2, 0.25) is 0 Å². The van der Waals surface area contributed by atoms with Gasteiger partial charge in [0.2, 0.25) is 0 Å². The number of aliphatic hydroxyl groups excluding tert-OH is 1. The van der Waals surface area contributed by atoms with Crippen molar-refractivity contribution >= 4 is 23.1 Å². The molecule has 19 heavy (non-hydrogen) atoms. The molecule has 0 fully saturated rings. The molecule has 1 aromatic heterocycles. The Balaban J connectivity index is 2.01. The van der Waals surface area contributed by atoms with Crippen LogP contribution >= 0.6 is 23.1 Å². The first-order chi connectivity index (χ1) is 8.94. The van der Waals surface area contributed by atoms with Crippen LogP contribution in [0.15, 0.2) is 40.7 Å². The van der Waals surface area contributed by atoms with Crippen molar-refractivity contribution < 1.29 is 18.3 Å². The number of thioether (sulfide) groups is 1. The van der Waals surface area contributed by atoms with E-state index in [9.17, 15) is 18.3 Å². The quantitative estimate of drug-likeness (QED) is 0.866. The molecule has 0 aliphatic rings. The van der Waals surface area contributed by atoms with E-state index in [0.717, 1.165) is 5.01 Å². The fraction of sp³-hybridized carbons (Fsp3) is 0.250. The zero-order chi connectivity index (χ0) is 13.9. The van der Waals surface area contributed by atoms with Crippen LogP contribution < -0.4 is 0 Å². The molecule has 2 rings (SSSR count). The summed E-state index contributed by atoms with van der Waals surface area (Å²) in [6.45, 7) is 0. The lowest BCUT2D eigenvalue weighted by Crippen LogP contribution is -2.02. The Labute approximate surface area is 116 Å². The minimum Gasteiger partial charge on any atom is -0.388 e. The van der Waals surface area contributed by atoms with E-state index in [1.165, 1.54) is 35.6 Å². The lowest BCUT2D eigenvalue weighted by Gasteiger charge is -2.10. The zero-order valence-corrected chi connectivity index (χ0v) is 11.2. The Bertz CT molecular complexity index is 511. The number of hydrogen-bond acceptors (Lipinski definition) is 4. The number of alkyl halides is 3. The number of halogens is 3. The van der Waals surface area contributed by atoms with E-state index in [2.05, 4.69) is 4.98 Å². The van der Waals surface area contributed by atoms with Gasteiger partial charge in [-0.3, -0.25) is 0 Å². The second kappa shape index (κ2) is 5.94. The van der Waals surface area contributed by atoms with E-state index in [1.807, 2.05) is 5.38 Å². The number of aromatic nitrogens is 1. The average molecular weight is 305 g/mol. The zero-order valence-electron chi connectivity index (χ0n) is 9.59. The number of hydrogen-bond donors (Lipinski definition) is 1. The molecule has 0 radical (unpaired) electrons. The molecule has 0 aliphatic heterocycles. The van der Waals surface area contributed by atoms with Crippen LogP contribution in [0.3, 0.4) is 0 Å². The molecule has 2 nitrogen and oxygen atoms in total. The van der Waals surface area contributed by atoms with Gasteiger partial charge in [0.05, 0.1) is 11.1 Å². The molecule has 1 atom stereocenters. The van der Waals surface area contributed by atoms with E-state index < -0.39 is 11.6 Å². The van der Waals surface area contributed by atoms with Crippen LogP contribution in [0.25, 0.3) is 0 Å². The topological polar surface area (TPSA) is 33.1 Å². The van der Waals surface area contributed by atoms with Gasteiger partial charge in [0.15, 0.2) is 0 Å². The van der Waals surface area contributed by atoms with E-state index in [4.69, 9.17) is 0 Å². The molecule has 1 heterocycles. The first-order valence-electron chi connectivity index (χ1n) is 5.36. The largest absolute Gasteiger partial charge is 0.446 e. The fourth-order valence-corrected chi connectivity index (χ4v) is 2.72. The molecule has 7 heteroatoms. The number of benzene rings is 1. The number of nitrogens with zero attached hydrogens (tertiary/aromatic N) is 1. The molecule has 0 saturated carbocycles. The van der Waals surface area contributed by atoms with Crippen LogP contribution in [0.1, 0.15) is 16.7 Å². The van der Waals surface area contributed by atoms with Gasteiger partial charge in [-0.25, -0.2) is 4.98 Å². The van der Waals surface area contributed by atoms with E-state index in [-0.39, 0.29) is 16.7 Å². The first-order valence-corrected chi connectivity index (χ1v) is 7.06. The van der Waals surface area contributed by atoms with Crippen molar-refractivity contribution in [3.8, 4) is 0 Å². The Hall–Kier alpha value is -1.05. The van der Waals surface area contributed by atoms with Gasteiger partial charge in [-0.1, -0.05) is 12.1 Å². The Kier molecular flexibility index (Phi) is 4.49. The lowest BCUT2D eigenvalue weighted by atomic mass is 10.1. The minimum atomic E-state index is -4.29. The minimum absolute atomic E-state index is 0.109. The average Bonchev–Trinajstić information content (AvgIpc) is 2.80. The molecule has 1 unspecified atom stereocenters. The van der Waals surface area contributed by atoms with Gasteiger partial charge < -0.3 is 5.11 Å². The van der Waals surface area contributed by atoms with Crippen LogP contribution in [0.5, 0.6) is 0 Å². The summed E-state index contributed by atoms with van der Waals surface area (Å²) in [5.74, 6) is 0. The smallest absolute Gasteiger partial charge is 0.388 e. The van der Waals surface area contributed by atoms with E-state index in [0.29, 0.717) is 12.0 Å². The molecule has 0 aliphatic carbocycles. The van der Waals surface area contributed by atoms with Gasteiger partial charge in [-0.05, 0) is 29.5 Å². The van der Waals surface area contributed by atoms with Gasteiger partial charge in [0.1, 0.15) is 0 Å². The maximum absolute atomic E-state index is 12.2. The van der Waals surface area contributed by atoms with Crippen LogP contribution in [-0.2, 0) is 6.42 Å². The Morgan fingerprint density at radius 1 is 1.26 bits per heavy atom. The highest BCUT2D eigenvalue weighted by Gasteiger charge is 2.29. The van der Waals surface area contributed by atoms with Gasteiger partial charge >= 0.3 is 5.51 Å². The summed E-state index contributed by atoms with van der Waals surface area (Å²) < 4.78 is 36.5. The lowest BCUT2D eigenvalue weighted by molar-refractivity contribution is -0.0328. The predicted octanol–water partition coefficient (Wildman–Crippen LogP) is 4.03. The molecular formula is C12H10F3NOS2. The van der Waals surface area contributed by atoms with Crippen molar-refractivity contribution in [2.24, 2.45) is 0 Å². The summed E-state index contributed by atoms with van der Waals surface area (Å²) >= 11 is 1.27. The third-order valence-electron chi connectivity index (χ3n) is 2.35. The second-order valence-electron chi connectivity index (χ2n) is 3.76. The molecule has 102 valence electrons. The van der Waals surface area contributed by atoms with Crippen molar-refractivity contribution in [2.75, 3.05) is 0 Å². The second-order valence-corrected chi connectivity index (χ2v) is 5.88. The molecule has 0 saturated heterocycles. The van der Waals surface area contributed by atoms with Crippen LogP contribution in [-0.4, -0.2) is 15.6 Å². The van der Waals surface area contributed by atoms with E-state index >= 15 is 0 Å². The number of rotatable bonds is 4. The molecule has 0 spiro atoms. The molecule has 0 amide bonds. The van der Waals surface area contributed by atoms with Crippen LogP contribution in [0.4, 0.5) is 13.2 Å². The summed E-state index contributed by atoms with van der Waals surface area (Å²) in [6, 6.07) is 5.73. The normalized spacial score (nSPS) is 13.5. The first kappa shape index (κ1) is 14.4. The third kappa shape index (κ3) is 4.52. The van der Waals surface area contributed by atoms with Gasteiger partial charge in [-0.2, -0.15) is 13.2 Å². The molecular weight excluding hydrogens is 295 g/mol. The summed E-state index contributed by atoms with van der Waals surface area (Å²) in [4.78, 5) is 4.16. The molecule has 2 aromatic rings. The summed E-state index contributed by atoms with van der Waals surface area (Å²) in [6.07, 6.45) is 1.26. The van der Waals surface area contributed by atoms with Gasteiger partial charge in [-0.15, -0.1) is 11.3 Å². The van der Waals surface area contributed by atoms with Crippen molar-refractivity contribution in [3.63, 3.8) is 0 Å². The molecule has 0 bridgehead atoms. The van der Waals surface area contributed by atoms with E-state index in [1.54, 1.807) is 6.20 Å². The highest BCUT2D eigenvalue weighted by atomic mass is 32.2. The summed E-state index contributed by atoms with van der Waals surface area (Å²) in [5, 5.41) is 12.6. The number of aliphatic hydroxyl groups is 1. The highest BCUT2D eigenvalue weighted by molar-refractivity contribution is 8.00. The Morgan fingerprint density at radius 3 is 2.47 bits per heavy atom. The van der Waals surface area contributed by atoms with Crippen molar-refractivity contribution in [1.82, 2.24) is 4.98 Å². The standard InChI is InChI=1S/C12H10F3NOS2/c13-12(14,15)19-9-3-1-8(2-4-9)10(17)7-11-16-5-6-18-11/h1-6,10,17H,7H2. The predicted molar refractivity (Wildman–Crippen MR) is 69.1 cm³/mol. The highest BCUT2D eigenvalue weighted by Crippen LogP contribution is 2.37. The van der Waals surface area contributed by atoms with Crippen molar-refractivity contribution in [2.45, 2.75) is 22.9 Å². The van der Waals surface area contributed by atoms with Gasteiger partial charge in [0.25, 0.3) is 0 Å². The fourth-order valence-electron chi connectivity index (χ4n) is 1.53.